The van der Waals surface area contributed by atoms with Crippen molar-refractivity contribution in [2.45, 2.75) is 0 Å². The van der Waals surface area contributed by atoms with Crippen molar-refractivity contribution < 1.29 is 9.47 Å². The molecule has 51 heavy (non-hydrogen) atoms. The van der Waals surface area contributed by atoms with Gasteiger partial charge in [0.2, 0.25) is 0 Å². The maximum Gasteiger partial charge on any atom is 0.136 e. The molecule has 1 aromatic heterocycles. The van der Waals surface area contributed by atoms with Crippen molar-refractivity contribution in [2.75, 3.05) is 0 Å². The van der Waals surface area contributed by atoms with Gasteiger partial charge in [-0.3, -0.25) is 0 Å². The number of aromatic nitrogens is 1. The summed E-state index contributed by atoms with van der Waals surface area (Å²) in [5.74, 6) is 3.08. The van der Waals surface area contributed by atoms with Crippen LogP contribution in [-0.2, 0) is 0 Å². The van der Waals surface area contributed by atoms with Crippen molar-refractivity contribution in [2.24, 2.45) is 0 Å². The SMILES string of the molecule is c1ccc(-c2cccc3c2-c2ccc(-c4cccc5c4c4ccccc4n5-c4ccccc4)cc2Oc2ccccc2-c2ccccc2O3)cc1. The largest absolute Gasteiger partial charge is 0.456 e. The molecular formula is C48H31NO2. The fraction of sp³-hybridized carbons (Fsp3) is 0. The Labute approximate surface area is 296 Å². The third kappa shape index (κ3) is 4.82. The summed E-state index contributed by atoms with van der Waals surface area (Å²) in [5, 5.41) is 2.42. The van der Waals surface area contributed by atoms with Crippen molar-refractivity contribution in [3.05, 3.63) is 188 Å². The van der Waals surface area contributed by atoms with Crippen LogP contribution in [0.25, 0.3) is 72.0 Å². The average molecular weight is 654 g/mol. The summed E-state index contributed by atoms with van der Waals surface area (Å²) in [6.07, 6.45) is 0. The molecule has 10 rings (SSSR count). The highest BCUT2D eigenvalue weighted by Gasteiger charge is 2.24. The third-order valence-electron chi connectivity index (χ3n) is 9.89. The zero-order chi connectivity index (χ0) is 33.7. The van der Waals surface area contributed by atoms with Crippen molar-refractivity contribution in [1.29, 1.82) is 0 Å². The molecule has 9 aromatic rings. The Hall–Kier alpha value is -6.84. The molecule has 240 valence electrons. The molecule has 0 atom stereocenters. The molecule has 1 aliphatic rings. The molecule has 0 spiro atoms. The maximum absolute atomic E-state index is 7.10. The van der Waals surface area contributed by atoms with Gasteiger partial charge in [0.05, 0.1) is 11.0 Å². The molecule has 0 unspecified atom stereocenters. The molecule has 0 radical (unpaired) electrons. The fourth-order valence-electron chi connectivity index (χ4n) is 7.64. The van der Waals surface area contributed by atoms with Gasteiger partial charge in [0, 0.05) is 38.7 Å². The van der Waals surface area contributed by atoms with Crippen molar-refractivity contribution in [1.82, 2.24) is 4.57 Å². The van der Waals surface area contributed by atoms with Gasteiger partial charge in [-0.2, -0.15) is 0 Å². The average Bonchev–Trinajstić information content (AvgIpc) is 3.54. The van der Waals surface area contributed by atoms with Crippen LogP contribution < -0.4 is 9.47 Å². The van der Waals surface area contributed by atoms with Gasteiger partial charge in [-0.15, -0.1) is 0 Å². The molecule has 1 aliphatic heterocycles. The third-order valence-corrected chi connectivity index (χ3v) is 9.89. The van der Waals surface area contributed by atoms with Crippen LogP contribution in [-0.4, -0.2) is 4.57 Å². The minimum atomic E-state index is 0.761. The first kappa shape index (κ1) is 29.1. The van der Waals surface area contributed by atoms with Crippen molar-refractivity contribution in [3.63, 3.8) is 0 Å². The smallest absolute Gasteiger partial charge is 0.136 e. The van der Waals surface area contributed by atoms with Crippen LogP contribution in [0.2, 0.25) is 0 Å². The lowest BCUT2D eigenvalue weighted by molar-refractivity contribution is 0.472. The van der Waals surface area contributed by atoms with E-state index in [2.05, 4.69) is 150 Å². The van der Waals surface area contributed by atoms with E-state index >= 15 is 0 Å². The number of ether oxygens (including phenoxy) is 2. The molecule has 0 saturated carbocycles. The molecule has 0 aliphatic carbocycles. The lowest BCUT2D eigenvalue weighted by atomic mass is 9.90. The predicted octanol–water partition coefficient (Wildman–Crippen LogP) is 13.3. The number of nitrogens with zero attached hydrogens (tertiary/aromatic N) is 1. The van der Waals surface area contributed by atoms with Crippen LogP contribution in [0.5, 0.6) is 23.0 Å². The van der Waals surface area contributed by atoms with Gasteiger partial charge in [-0.1, -0.05) is 133 Å². The Bertz CT molecular complexity index is 2740. The van der Waals surface area contributed by atoms with Crippen LogP contribution in [0.15, 0.2) is 188 Å². The van der Waals surface area contributed by atoms with E-state index in [-0.39, 0.29) is 0 Å². The quantitative estimate of drug-likeness (QED) is 0.189. The summed E-state index contributed by atoms with van der Waals surface area (Å²) in [7, 11) is 0. The van der Waals surface area contributed by atoms with Crippen LogP contribution in [0, 0.1) is 0 Å². The Morgan fingerprint density at radius 1 is 0.333 bits per heavy atom. The second-order valence-corrected chi connectivity index (χ2v) is 12.8. The highest BCUT2D eigenvalue weighted by Crippen LogP contribution is 2.51. The molecule has 0 bridgehead atoms. The standard InChI is InChI=1S/C48H31NO2/c1-3-15-32(16-4-1)35-23-14-28-45-48(35)40-30-29-33(31-46(40)51-44-27-12-9-20-38(44)37-19-8-11-26-43(37)50-45)36-22-13-25-42-47(36)39-21-7-10-24-41(39)49(42)34-17-5-2-6-18-34/h1-31H. The van der Waals surface area contributed by atoms with Crippen LogP contribution in [0.4, 0.5) is 0 Å². The minimum Gasteiger partial charge on any atom is -0.456 e. The number of hydrogen-bond acceptors (Lipinski definition) is 2. The fourth-order valence-corrected chi connectivity index (χ4v) is 7.64. The summed E-state index contributed by atoms with van der Waals surface area (Å²) in [6, 6.07) is 65.7. The number of fused-ring (bicyclic) bond motifs is 9. The summed E-state index contributed by atoms with van der Waals surface area (Å²) in [6.45, 7) is 0. The highest BCUT2D eigenvalue weighted by atomic mass is 16.5. The minimum absolute atomic E-state index is 0.761. The number of hydrogen-bond donors (Lipinski definition) is 0. The first-order valence-electron chi connectivity index (χ1n) is 17.3. The summed E-state index contributed by atoms with van der Waals surface area (Å²) in [4.78, 5) is 0. The van der Waals surface area contributed by atoms with E-state index < -0.39 is 0 Å². The van der Waals surface area contributed by atoms with Gasteiger partial charge in [-0.05, 0) is 76.9 Å². The number of benzene rings is 8. The zero-order valence-electron chi connectivity index (χ0n) is 27.7. The zero-order valence-corrected chi connectivity index (χ0v) is 27.7. The van der Waals surface area contributed by atoms with Gasteiger partial charge in [0.1, 0.15) is 23.0 Å². The molecule has 2 heterocycles. The lowest BCUT2D eigenvalue weighted by Crippen LogP contribution is -1.99. The van der Waals surface area contributed by atoms with Crippen LogP contribution in [0.3, 0.4) is 0 Å². The molecule has 0 saturated heterocycles. The van der Waals surface area contributed by atoms with E-state index in [0.717, 1.165) is 78.7 Å². The monoisotopic (exact) mass is 653 g/mol. The normalized spacial score (nSPS) is 11.8. The van der Waals surface area contributed by atoms with Gasteiger partial charge in [-0.25, -0.2) is 0 Å². The molecule has 8 aromatic carbocycles. The number of para-hydroxylation sites is 4. The molecular weight excluding hydrogens is 623 g/mol. The van der Waals surface area contributed by atoms with Gasteiger partial charge >= 0.3 is 0 Å². The lowest BCUT2D eigenvalue weighted by Gasteiger charge is -2.23. The first-order chi connectivity index (χ1) is 25.3. The summed E-state index contributed by atoms with van der Waals surface area (Å²) in [5.41, 5.74) is 11.8. The second kappa shape index (κ2) is 11.9. The predicted molar refractivity (Wildman–Crippen MR) is 209 cm³/mol. The van der Waals surface area contributed by atoms with E-state index in [1.807, 2.05) is 42.5 Å². The Kier molecular flexibility index (Phi) is 6.81. The maximum atomic E-state index is 7.10. The number of rotatable bonds is 3. The van der Waals surface area contributed by atoms with Crippen LogP contribution in [0.1, 0.15) is 0 Å². The van der Waals surface area contributed by atoms with Gasteiger partial charge in [0.15, 0.2) is 0 Å². The van der Waals surface area contributed by atoms with Crippen molar-refractivity contribution in [3.8, 4) is 73.2 Å². The van der Waals surface area contributed by atoms with Gasteiger partial charge < -0.3 is 14.0 Å². The highest BCUT2D eigenvalue weighted by molar-refractivity contribution is 6.16. The van der Waals surface area contributed by atoms with Crippen LogP contribution >= 0.6 is 0 Å². The summed E-state index contributed by atoms with van der Waals surface area (Å²) >= 11 is 0. The van der Waals surface area contributed by atoms with E-state index in [1.165, 1.54) is 16.3 Å². The summed E-state index contributed by atoms with van der Waals surface area (Å²) < 4.78 is 16.4. The molecule has 3 heteroatoms. The van der Waals surface area contributed by atoms with E-state index in [4.69, 9.17) is 9.47 Å². The molecule has 3 nitrogen and oxygen atoms in total. The van der Waals surface area contributed by atoms with Crippen molar-refractivity contribution >= 4 is 21.8 Å². The van der Waals surface area contributed by atoms with Gasteiger partial charge in [0.25, 0.3) is 0 Å². The topological polar surface area (TPSA) is 23.4 Å². The Morgan fingerprint density at radius 3 is 1.69 bits per heavy atom. The first-order valence-corrected chi connectivity index (χ1v) is 17.3. The molecule has 0 amide bonds. The second-order valence-electron chi connectivity index (χ2n) is 12.8. The molecule has 0 N–H and O–H groups in total. The Balaban J connectivity index is 1.26. The van der Waals surface area contributed by atoms with E-state index in [1.54, 1.807) is 0 Å². The molecule has 0 fully saturated rings. The Morgan fingerprint density at radius 2 is 0.902 bits per heavy atom. The van der Waals surface area contributed by atoms with E-state index in [9.17, 15) is 0 Å². The van der Waals surface area contributed by atoms with E-state index in [0.29, 0.717) is 0 Å².